The zero-order chi connectivity index (χ0) is 22.1. The van der Waals surface area contributed by atoms with Crippen LogP contribution in [0.3, 0.4) is 0 Å². The first kappa shape index (κ1) is 21.9. The van der Waals surface area contributed by atoms with Gasteiger partial charge in [-0.15, -0.1) is 0 Å². The van der Waals surface area contributed by atoms with Gasteiger partial charge in [0.05, 0.1) is 12.8 Å². The minimum atomic E-state index is -0.687. The number of carbonyl (C=O) groups excluding carboxylic acids is 2. The maximum atomic E-state index is 11.8. The van der Waals surface area contributed by atoms with Gasteiger partial charge in [0.25, 0.3) is 5.91 Å². The average molecular weight is 428 g/mol. The Kier molecular flexibility index (Phi) is 7.69. The van der Waals surface area contributed by atoms with E-state index < -0.39 is 12.6 Å². The number of ether oxygens (including phenoxy) is 4. The zero-order valence-corrected chi connectivity index (χ0v) is 17.4. The lowest BCUT2D eigenvalue weighted by molar-refractivity contribution is -0.152. The molecule has 1 N–H and O–H groups in total. The van der Waals surface area contributed by atoms with Gasteiger partial charge in [-0.1, -0.05) is 17.3 Å². The lowest BCUT2D eigenvalue weighted by Crippen LogP contribution is -2.31. The molecule has 0 radical (unpaired) electrons. The molecule has 2 aromatic carbocycles. The number of methoxy groups -OCH3 is 1. The number of nitrogens with one attached hydrogen (secondary N) is 1. The molecule has 9 heteroatoms. The summed E-state index contributed by atoms with van der Waals surface area (Å²) in [4.78, 5) is 28.5. The summed E-state index contributed by atoms with van der Waals surface area (Å²) in [5.74, 6) is 1.000. The summed E-state index contributed by atoms with van der Waals surface area (Å²) in [6.07, 6.45) is 0.653. The third kappa shape index (κ3) is 6.63. The predicted octanol–water partition coefficient (Wildman–Crippen LogP) is 2.07. The molecule has 1 aliphatic heterocycles. The minimum absolute atomic E-state index is 0.187. The number of oxime groups is 1. The molecule has 0 saturated carbocycles. The molecule has 0 saturated heterocycles. The van der Waals surface area contributed by atoms with Crippen LogP contribution in [0, 0.1) is 0 Å². The summed E-state index contributed by atoms with van der Waals surface area (Å²) in [7, 11) is 1.61. The van der Waals surface area contributed by atoms with Crippen molar-refractivity contribution in [3.05, 3.63) is 53.6 Å². The largest absolute Gasteiger partial charge is 0.497 e. The van der Waals surface area contributed by atoms with Gasteiger partial charge in [-0.2, -0.15) is 0 Å². The van der Waals surface area contributed by atoms with Gasteiger partial charge in [-0.05, 0) is 49.2 Å². The second-order valence-electron chi connectivity index (χ2n) is 6.63. The van der Waals surface area contributed by atoms with E-state index in [1.165, 1.54) is 0 Å². The van der Waals surface area contributed by atoms with E-state index in [1.807, 2.05) is 30.3 Å². The maximum absolute atomic E-state index is 11.8. The predicted molar refractivity (Wildman–Crippen MR) is 111 cm³/mol. The van der Waals surface area contributed by atoms with Crippen LogP contribution < -0.4 is 19.5 Å². The molecular formula is C22H24N2O7. The van der Waals surface area contributed by atoms with Crippen LogP contribution in [0.1, 0.15) is 18.1 Å². The van der Waals surface area contributed by atoms with Gasteiger partial charge < -0.3 is 29.1 Å². The summed E-state index contributed by atoms with van der Waals surface area (Å²) >= 11 is 0. The number of carbonyl (C=O) groups is 2. The molecule has 0 atom stereocenters. The number of rotatable bonds is 10. The van der Waals surface area contributed by atoms with E-state index in [1.54, 1.807) is 26.2 Å². The van der Waals surface area contributed by atoms with E-state index in [-0.39, 0.29) is 19.3 Å². The Balaban J connectivity index is 1.32. The lowest BCUT2D eigenvalue weighted by atomic mass is 10.1. The van der Waals surface area contributed by atoms with Gasteiger partial charge in [-0.25, -0.2) is 4.79 Å². The number of benzene rings is 2. The highest BCUT2D eigenvalue weighted by Crippen LogP contribution is 2.32. The topological polar surface area (TPSA) is 105 Å². The van der Waals surface area contributed by atoms with Crippen molar-refractivity contribution in [2.75, 3.05) is 33.7 Å². The Morgan fingerprint density at radius 1 is 1.06 bits per heavy atom. The molecule has 0 fully saturated rings. The van der Waals surface area contributed by atoms with Crippen molar-refractivity contribution in [2.24, 2.45) is 5.16 Å². The van der Waals surface area contributed by atoms with Crippen LogP contribution in [0.5, 0.6) is 17.2 Å². The normalized spacial score (nSPS) is 12.3. The van der Waals surface area contributed by atoms with Gasteiger partial charge in [-0.3, -0.25) is 4.79 Å². The Hall–Kier alpha value is -3.75. The van der Waals surface area contributed by atoms with Gasteiger partial charge in [0.2, 0.25) is 13.4 Å². The highest BCUT2D eigenvalue weighted by molar-refractivity contribution is 5.99. The van der Waals surface area contributed by atoms with E-state index in [0.29, 0.717) is 30.2 Å². The minimum Gasteiger partial charge on any atom is -0.497 e. The summed E-state index contributed by atoms with van der Waals surface area (Å²) in [5.41, 5.74) is 2.39. The average Bonchev–Trinajstić information content (AvgIpc) is 3.26. The second-order valence-corrected chi connectivity index (χ2v) is 6.63. The van der Waals surface area contributed by atoms with Crippen LogP contribution in [-0.4, -0.2) is 51.2 Å². The molecule has 3 rings (SSSR count). The van der Waals surface area contributed by atoms with E-state index in [9.17, 15) is 9.59 Å². The number of esters is 1. The summed E-state index contributed by atoms with van der Waals surface area (Å²) in [6.45, 7) is 1.57. The summed E-state index contributed by atoms with van der Waals surface area (Å²) in [6, 6.07) is 12.9. The van der Waals surface area contributed by atoms with E-state index in [2.05, 4.69) is 10.5 Å². The second kappa shape index (κ2) is 10.9. The number of fused-ring (bicyclic) bond motifs is 1. The molecule has 164 valence electrons. The molecule has 0 unspecified atom stereocenters. The van der Waals surface area contributed by atoms with Gasteiger partial charge in [0.1, 0.15) is 5.75 Å². The Morgan fingerprint density at radius 2 is 1.84 bits per heavy atom. The highest BCUT2D eigenvalue weighted by atomic mass is 16.7. The van der Waals surface area contributed by atoms with Gasteiger partial charge in [0, 0.05) is 12.1 Å². The molecule has 0 bridgehead atoms. The number of amides is 1. The van der Waals surface area contributed by atoms with Crippen molar-refractivity contribution in [2.45, 2.75) is 13.3 Å². The SMILES string of the molecule is COc1ccc(CCNC(=O)COC(=O)CO/N=C(\C)c2ccc3c(c2)OCO3)cc1. The Labute approximate surface area is 179 Å². The molecule has 1 aliphatic rings. The Morgan fingerprint density at radius 3 is 2.61 bits per heavy atom. The van der Waals surface area contributed by atoms with Crippen LogP contribution in [0.25, 0.3) is 0 Å². The molecule has 0 aliphatic carbocycles. The monoisotopic (exact) mass is 428 g/mol. The third-order valence-corrected chi connectivity index (χ3v) is 4.43. The molecule has 0 aromatic heterocycles. The third-order valence-electron chi connectivity index (χ3n) is 4.43. The van der Waals surface area contributed by atoms with Crippen molar-refractivity contribution < 1.29 is 33.4 Å². The fourth-order valence-corrected chi connectivity index (χ4v) is 2.73. The van der Waals surface area contributed by atoms with Crippen molar-refractivity contribution in [3.8, 4) is 17.2 Å². The number of nitrogens with zero attached hydrogens (tertiary/aromatic N) is 1. The molecular weight excluding hydrogens is 404 g/mol. The first-order valence-electron chi connectivity index (χ1n) is 9.67. The van der Waals surface area contributed by atoms with Gasteiger partial charge >= 0.3 is 5.97 Å². The van der Waals surface area contributed by atoms with E-state index >= 15 is 0 Å². The van der Waals surface area contributed by atoms with Crippen LogP contribution in [0.4, 0.5) is 0 Å². The fraction of sp³-hybridized carbons (Fsp3) is 0.318. The lowest BCUT2D eigenvalue weighted by Gasteiger charge is -2.07. The molecule has 1 heterocycles. The van der Waals surface area contributed by atoms with Crippen LogP contribution >= 0.6 is 0 Å². The summed E-state index contributed by atoms with van der Waals surface area (Å²) < 4.78 is 20.6. The van der Waals surface area contributed by atoms with E-state index in [4.69, 9.17) is 23.8 Å². The zero-order valence-electron chi connectivity index (χ0n) is 17.4. The standard InChI is InChI=1S/C22H24N2O7/c1-15(17-5-8-19-20(11-17)30-14-29-19)24-31-13-22(26)28-12-21(25)23-10-9-16-3-6-18(27-2)7-4-16/h3-8,11H,9-10,12-14H2,1-2H3,(H,23,25)/b24-15+. The first-order valence-corrected chi connectivity index (χ1v) is 9.67. The van der Waals surface area contributed by atoms with Crippen molar-refractivity contribution in [3.63, 3.8) is 0 Å². The quantitative estimate of drug-likeness (QED) is 0.351. The van der Waals surface area contributed by atoms with Crippen LogP contribution in [-0.2, 0) is 25.6 Å². The van der Waals surface area contributed by atoms with Crippen LogP contribution in [0.15, 0.2) is 47.6 Å². The van der Waals surface area contributed by atoms with Crippen LogP contribution in [0.2, 0.25) is 0 Å². The van der Waals surface area contributed by atoms with Crippen molar-refractivity contribution in [1.29, 1.82) is 0 Å². The molecule has 31 heavy (non-hydrogen) atoms. The highest BCUT2D eigenvalue weighted by Gasteiger charge is 2.14. The molecule has 1 amide bonds. The number of hydrogen-bond acceptors (Lipinski definition) is 8. The Bertz CT molecular complexity index is 941. The first-order chi connectivity index (χ1) is 15.0. The molecule has 9 nitrogen and oxygen atoms in total. The summed E-state index contributed by atoms with van der Waals surface area (Å²) in [5, 5.41) is 6.59. The van der Waals surface area contributed by atoms with E-state index in [0.717, 1.165) is 16.9 Å². The maximum Gasteiger partial charge on any atom is 0.347 e. The number of hydrogen-bond donors (Lipinski definition) is 1. The molecule has 2 aromatic rings. The fourth-order valence-electron chi connectivity index (χ4n) is 2.73. The van der Waals surface area contributed by atoms with Crippen molar-refractivity contribution >= 4 is 17.6 Å². The molecule has 0 spiro atoms. The van der Waals surface area contributed by atoms with Crippen molar-refractivity contribution in [1.82, 2.24) is 5.32 Å². The smallest absolute Gasteiger partial charge is 0.347 e. The van der Waals surface area contributed by atoms with Gasteiger partial charge in [0.15, 0.2) is 18.1 Å².